The minimum Gasteiger partial charge on any atom is -0.457 e. The van der Waals surface area contributed by atoms with E-state index >= 15 is 0 Å². The van der Waals surface area contributed by atoms with Crippen LogP contribution in [0.1, 0.15) is 38.0 Å². The van der Waals surface area contributed by atoms with Crippen LogP contribution in [-0.2, 0) is 16.0 Å². The van der Waals surface area contributed by atoms with Gasteiger partial charge >= 0.3 is 5.97 Å². The van der Waals surface area contributed by atoms with Crippen LogP contribution in [0.15, 0.2) is 24.3 Å². The topological polar surface area (TPSA) is 26.3 Å². The van der Waals surface area contributed by atoms with Gasteiger partial charge in [-0.05, 0) is 11.1 Å². The van der Waals surface area contributed by atoms with Crippen LogP contribution in [0.25, 0.3) is 0 Å². The van der Waals surface area contributed by atoms with Crippen molar-refractivity contribution in [3.05, 3.63) is 35.4 Å². The minimum absolute atomic E-state index is 0.0494. The normalized spacial score (nSPS) is 20.7. The lowest BCUT2D eigenvalue weighted by molar-refractivity contribution is -0.156. The zero-order chi connectivity index (χ0) is 11.1. The van der Waals surface area contributed by atoms with Gasteiger partial charge in [-0.25, -0.2) is 0 Å². The van der Waals surface area contributed by atoms with Crippen molar-refractivity contribution in [1.82, 2.24) is 0 Å². The summed E-state index contributed by atoms with van der Waals surface area (Å²) in [5.41, 5.74) is 2.21. The predicted octanol–water partition coefficient (Wildman–Crippen LogP) is 2.87. The fourth-order valence-corrected chi connectivity index (χ4v) is 1.99. The quantitative estimate of drug-likeness (QED) is 0.607. The highest BCUT2D eigenvalue weighted by molar-refractivity contribution is 5.75. The molecule has 1 aromatic carbocycles. The second-order valence-electron chi connectivity index (χ2n) is 5.11. The number of rotatable bonds is 0. The number of esters is 1. The Labute approximate surface area is 90.3 Å². The number of benzene rings is 1. The number of hydrogen-bond donors (Lipinski definition) is 0. The second-order valence-corrected chi connectivity index (χ2v) is 5.11. The lowest BCUT2D eigenvalue weighted by atomic mass is 9.81. The van der Waals surface area contributed by atoms with Gasteiger partial charge in [-0.3, -0.25) is 4.79 Å². The number of carbonyl (C=O) groups is 1. The molecule has 1 aromatic rings. The third-order valence-corrected chi connectivity index (χ3v) is 2.71. The minimum atomic E-state index is -0.117. The van der Waals surface area contributed by atoms with Crippen LogP contribution in [0.5, 0.6) is 0 Å². The summed E-state index contributed by atoms with van der Waals surface area (Å²) in [7, 11) is 0. The lowest BCUT2D eigenvalue weighted by Gasteiger charge is -2.34. The first-order chi connectivity index (χ1) is 6.98. The molecule has 1 atom stereocenters. The van der Waals surface area contributed by atoms with Gasteiger partial charge in [-0.1, -0.05) is 45.0 Å². The molecule has 0 saturated carbocycles. The molecule has 0 aromatic heterocycles. The van der Waals surface area contributed by atoms with E-state index in [1.54, 1.807) is 0 Å². The van der Waals surface area contributed by atoms with E-state index in [2.05, 4.69) is 26.8 Å². The number of cyclic esters (lactones) is 1. The van der Waals surface area contributed by atoms with Crippen LogP contribution in [-0.4, -0.2) is 5.97 Å². The smallest absolute Gasteiger partial charge is 0.310 e. The number of carbonyl (C=O) groups excluding carboxylic acids is 1. The van der Waals surface area contributed by atoms with Crippen molar-refractivity contribution in [3.8, 4) is 0 Å². The molecule has 0 bridgehead atoms. The van der Waals surface area contributed by atoms with Crippen molar-refractivity contribution in [2.24, 2.45) is 5.41 Å². The summed E-state index contributed by atoms with van der Waals surface area (Å²) in [6.45, 7) is 6.27. The van der Waals surface area contributed by atoms with Crippen molar-refractivity contribution >= 4 is 5.97 Å². The Morgan fingerprint density at radius 3 is 2.60 bits per heavy atom. The standard InChI is InChI=1S/C13H16O2/c1-13(2,3)12-10-7-5-4-6-9(10)8-11(14)15-12/h4-7,12H,8H2,1-3H3. The average Bonchev–Trinajstić information content (AvgIpc) is 2.15. The van der Waals surface area contributed by atoms with Crippen LogP contribution in [0.3, 0.4) is 0 Å². The SMILES string of the molecule is CC(C)(C)C1OC(=O)Cc2ccccc21. The van der Waals surface area contributed by atoms with Crippen molar-refractivity contribution in [2.75, 3.05) is 0 Å². The Kier molecular flexibility index (Phi) is 2.29. The van der Waals surface area contributed by atoms with E-state index in [1.807, 2.05) is 18.2 Å². The molecule has 2 rings (SSSR count). The van der Waals surface area contributed by atoms with Crippen LogP contribution in [0, 0.1) is 5.41 Å². The van der Waals surface area contributed by atoms with E-state index in [4.69, 9.17) is 4.74 Å². The van der Waals surface area contributed by atoms with Gasteiger partial charge in [0, 0.05) is 5.41 Å². The third-order valence-electron chi connectivity index (χ3n) is 2.71. The van der Waals surface area contributed by atoms with Gasteiger partial charge in [-0.15, -0.1) is 0 Å². The van der Waals surface area contributed by atoms with Gasteiger partial charge in [0.2, 0.25) is 0 Å². The zero-order valence-electron chi connectivity index (χ0n) is 9.41. The summed E-state index contributed by atoms with van der Waals surface area (Å²) in [6.07, 6.45) is 0.290. The highest BCUT2D eigenvalue weighted by Gasteiger charge is 2.34. The predicted molar refractivity (Wildman–Crippen MR) is 58.4 cm³/mol. The molecule has 1 heterocycles. The molecular formula is C13H16O2. The van der Waals surface area contributed by atoms with Crippen molar-refractivity contribution in [2.45, 2.75) is 33.3 Å². The maximum absolute atomic E-state index is 11.5. The maximum atomic E-state index is 11.5. The molecule has 1 aliphatic rings. The Bertz CT molecular complexity index is 388. The van der Waals surface area contributed by atoms with E-state index in [0.29, 0.717) is 6.42 Å². The molecule has 0 fully saturated rings. The van der Waals surface area contributed by atoms with Crippen LogP contribution >= 0.6 is 0 Å². The highest BCUT2D eigenvalue weighted by atomic mass is 16.5. The fourth-order valence-electron chi connectivity index (χ4n) is 1.99. The zero-order valence-corrected chi connectivity index (χ0v) is 9.41. The number of fused-ring (bicyclic) bond motifs is 1. The van der Waals surface area contributed by atoms with Gasteiger partial charge in [0.15, 0.2) is 0 Å². The average molecular weight is 204 g/mol. The summed E-state index contributed by atoms with van der Waals surface area (Å²) >= 11 is 0. The van der Waals surface area contributed by atoms with Gasteiger partial charge < -0.3 is 4.74 Å². The van der Waals surface area contributed by atoms with Crippen LogP contribution in [0.2, 0.25) is 0 Å². The molecule has 15 heavy (non-hydrogen) atoms. The molecule has 1 unspecified atom stereocenters. The van der Waals surface area contributed by atoms with Gasteiger partial charge in [0.25, 0.3) is 0 Å². The first-order valence-corrected chi connectivity index (χ1v) is 5.26. The molecule has 1 aliphatic heterocycles. The van der Waals surface area contributed by atoms with Gasteiger partial charge in [-0.2, -0.15) is 0 Å². The Balaban J connectivity index is 2.47. The van der Waals surface area contributed by atoms with Crippen LogP contribution in [0.4, 0.5) is 0 Å². The lowest BCUT2D eigenvalue weighted by Crippen LogP contribution is -2.30. The largest absolute Gasteiger partial charge is 0.457 e. The number of hydrogen-bond acceptors (Lipinski definition) is 2. The van der Waals surface area contributed by atoms with Crippen LogP contribution < -0.4 is 0 Å². The highest BCUT2D eigenvalue weighted by Crippen LogP contribution is 2.40. The van der Waals surface area contributed by atoms with Gasteiger partial charge in [0.1, 0.15) is 6.10 Å². The third kappa shape index (κ3) is 1.89. The van der Waals surface area contributed by atoms with E-state index in [-0.39, 0.29) is 17.5 Å². The Morgan fingerprint density at radius 2 is 1.93 bits per heavy atom. The second kappa shape index (κ2) is 3.37. The summed E-state index contributed by atoms with van der Waals surface area (Å²) < 4.78 is 5.44. The maximum Gasteiger partial charge on any atom is 0.310 e. The Morgan fingerprint density at radius 1 is 1.27 bits per heavy atom. The molecular weight excluding hydrogens is 188 g/mol. The molecule has 0 N–H and O–H groups in total. The number of ether oxygens (including phenoxy) is 1. The summed E-state index contributed by atoms with van der Waals surface area (Å²) in [4.78, 5) is 11.5. The molecule has 2 nitrogen and oxygen atoms in total. The van der Waals surface area contributed by atoms with Crippen molar-refractivity contribution in [1.29, 1.82) is 0 Å². The summed E-state index contributed by atoms with van der Waals surface area (Å²) in [5.74, 6) is -0.117. The van der Waals surface area contributed by atoms with E-state index in [0.717, 1.165) is 11.1 Å². The first-order valence-electron chi connectivity index (χ1n) is 5.26. The summed E-state index contributed by atoms with van der Waals surface area (Å²) in [5, 5.41) is 0. The molecule has 0 spiro atoms. The van der Waals surface area contributed by atoms with Crippen molar-refractivity contribution in [3.63, 3.8) is 0 Å². The molecule has 2 heteroatoms. The molecule has 0 saturated heterocycles. The molecule has 0 radical (unpaired) electrons. The molecule has 80 valence electrons. The van der Waals surface area contributed by atoms with E-state index < -0.39 is 0 Å². The van der Waals surface area contributed by atoms with Crippen molar-refractivity contribution < 1.29 is 9.53 Å². The first kappa shape index (κ1) is 10.2. The fraction of sp³-hybridized carbons (Fsp3) is 0.462. The molecule has 0 aliphatic carbocycles. The van der Waals surface area contributed by atoms with E-state index in [1.165, 1.54) is 0 Å². The molecule has 0 amide bonds. The van der Waals surface area contributed by atoms with E-state index in [9.17, 15) is 4.79 Å². The van der Waals surface area contributed by atoms with Gasteiger partial charge in [0.05, 0.1) is 6.42 Å². The summed E-state index contributed by atoms with van der Waals surface area (Å²) in [6, 6.07) is 8.03. The Hall–Kier alpha value is -1.31. The monoisotopic (exact) mass is 204 g/mol.